The number of carbonyl (C=O) groups is 1. The van der Waals surface area contributed by atoms with Gasteiger partial charge in [-0.3, -0.25) is 0 Å². The molecule has 2 atom stereocenters. The number of amides is 2. The lowest BCUT2D eigenvalue weighted by Gasteiger charge is -2.23. The molecule has 1 aromatic heterocycles. The maximum absolute atomic E-state index is 12.2. The Bertz CT molecular complexity index is 584. The van der Waals surface area contributed by atoms with Crippen molar-refractivity contribution in [3.63, 3.8) is 0 Å². The summed E-state index contributed by atoms with van der Waals surface area (Å²) in [5.41, 5.74) is 0. The van der Waals surface area contributed by atoms with Crippen LogP contribution in [-0.4, -0.2) is 50.5 Å². The molecule has 22 heavy (non-hydrogen) atoms. The summed E-state index contributed by atoms with van der Waals surface area (Å²) in [6.45, 7) is 5.38. The Kier molecular flexibility index (Phi) is 5.86. The van der Waals surface area contributed by atoms with Crippen molar-refractivity contribution >= 4 is 27.2 Å². The Balaban J connectivity index is 1.81. The van der Waals surface area contributed by atoms with Crippen LogP contribution in [0.4, 0.5) is 4.79 Å². The molecule has 1 aromatic rings. The van der Waals surface area contributed by atoms with Crippen molar-refractivity contribution in [3.05, 3.63) is 22.4 Å². The summed E-state index contributed by atoms with van der Waals surface area (Å²) in [6, 6.07) is 3.98. The molecular weight excluding hydrogens is 320 g/mol. The van der Waals surface area contributed by atoms with Gasteiger partial charge in [-0.1, -0.05) is 19.9 Å². The summed E-state index contributed by atoms with van der Waals surface area (Å²) in [4.78, 5) is 15.2. The van der Waals surface area contributed by atoms with Gasteiger partial charge in [0.1, 0.15) is 0 Å². The summed E-state index contributed by atoms with van der Waals surface area (Å²) < 4.78 is 23.5. The van der Waals surface area contributed by atoms with Crippen LogP contribution < -0.4 is 5.32 Å². The number of hydrogen-bond acceptors (Lipinski definition) is 4. The van der Waals surface area contributed by atoms with E-state index in [1.807, 2.05) is 13.0 Å². The topological polar surface area (TPSA) is 66.5 Å². The van der Waals surface area contributed by atoms with E-state index in [0.29, 0.717) is 19.0 Å². The van der Waals surface area contributed by atoms with Crippen LogP contribution in [0.5, 0.6) is 0 Å². The standard InChI is InChI=1S/C15H24N2O3S2/c1-12(8-14-4-3-6-21-14)9-16-15(18)17-5-7-22(19,20)11-13(2)10-17/h3-4,6,12-13H,5,7-11H2,1-2H3,(H,16,18)/t12-,13-/m0/s1. The molecule has 5 nitrogen and oxygen atoms in total. The Morgan fingerprint density at radius 1 is 1.55 bits per heavy atom. The summed E-state index contributed by atoms with van der Waals surface area (Å²) in [7, 11) is -3.02. The van der Waals surface area contributed by atoms with Crippen LogP contribution in [0.3, 0.4) is 0 Å². The Morgan fingerprint density at radius 3 is 3.00 bits per heavy atom. The highest BCUT2D eigenvalue weighted by Crippen LogP contribution is 2.14. The first kappa shape index (κ1) is 17.3. The van der Waals surface area contributed by atoms with E-state index in [9.17, 15) is 13.2 Å². The van der Waals surface area contributed by atoms with E-state index in [2.05, 4.69) is 23.7 Å². The van der Waals surface area contributed by atoms with E-state index in [0.717, 1.165) is 6.42 Å². The third-order valence-electron chi connectivity index (χ3n) is 3.76. The molecule has 0 aliphatic carbocycles. The second-order valence-electron chi connectivity index (χ2n) is 6.24. The second-order valence-corrected chi connectivity index (χ2v) is 9.50. The van der Waals surface area contributed by atoms with Gasteiger partial charge in [0.05, 0.1) is 11.5 Å². The molecule has 2 amide bonds. The first-order chi connectivity index (χ1) is 10.4. The van der Waals surface area contributed by atoms with Crippen molar-refractivity contribution in [1.82, 2.24) is 10.2 Å². The van der Waals surface area contributed by atoms with Crippen LogP contribution in [0.1, 0.15) is 18.7 Å². The number of urea groups is 1. The lowest BCUT2D eigenvalue weighted by atomic mass is 10.1. The molecule has 7 heteroatoms. The summed E-state index contributed by atoms with van der Waals surface area (Å²) in [5.74, 6) is 0.582. The zero-order valence-electron chi connectivity index (χ0n) is 13.1. The van der Waals surface area contributed by atoms with E-state index < -0.39 is 9.84 Å². The van der Waals surface area contributed by atoms with Crippen molar-refractivity contribution in [2.75, 3.05) is 31.1 Å². The predicted molar refractivity (Wildman–Crippen MR) is 90.0 cm³/mol. The lowest BCUT2D eigenvalue weighted by molar-refractivity contribution is 0.194. The highest BCUT2D eigenvalue weighted by molar-refractivity contribution is 7.91. The molecule has 0 radical (unpaired) electrons. The normalized spacial score (nSPS) is 22.8. The first-order valence-corrected chi connectivity index (χ1v) is 10.3. The molecule has 0 saturated carbocycles. The molecule has 0 unspecified atom stereocenters. The first-order valence-electron chi connectivity index (χ1n) is 7.61. The van der Waals surface area contributed by atoms with E-state index in [1.54, 1.807) is 16.2 Å². The molecule has 1 N–H and O–H groups in total. The minimum atomic E-state index is -3.02. The molecule has 1 aliphatic heterocycles. The Morgan fingerprint density at radius 2 is 2.32 bits per heavy atom. The monoisotopic (exact) mass is 344 g/mol. The molecule has 1 aliphatic rings. The second kappa shape index (κ2) is 7.46. The van der Waals surface area contributed by atoms with Gasteiger partial charge in [0.15, 0.2) is 9.84 Å². The molecule has 0 bridgehead atoms. The van der Waals surface area contributed by atoms with Gasteiger partial charge in [0, 0.05) is 24.5 Å². The van der Waals surface area contributed by atoms with E-state index in [4.69, 9.17) is 0 Å². The minimum Gasteiger partial charge on any atom is -0.338 e. The van der Waals surface area contributed by atoms with Gasteiger partial charge in [0.2, 0.25) is 0 Å². The molecule has 124 valence electrons. The Labute approximate surface area is 136 Å². The van der Waals surface area contributed by atoms with Gasteiger partial charge in [-0.2, -0.15) is 0 Å². The molecule has 2 rings (SSSR count). The number of carbonyl (C=O) groups excluding carboxylic acids is 1. The quantitative estimate of drug-likeness (QED) is 0.908. The van der Waals surface area contributed by atoms with Crippen molar-refractivity contribution in [2.45, 2.75) is 20.3 Å². The zero-order valence-corrected chi connectivity index (χ0v) is 14.8. The number of nitrogens with one attached hydrogen (secondary N) is 1. The van der Waals surface area contributed by atoms with Crippen LogP contribution in [-0.2, 0) is 16.3 Å². The molecular formula is C15H24N2O3S2. The molecule has 1 fully saturated rings. The summed E-state index contributed by atoms with van der Waals surface area (Å²) in [6.07, 6.45) is 0.947. The smallest absolute Gasteiger partial charge is 0.317 e. The number of hydrogen-bond donors (Lipinski definition) is 1. The summed E-state index contributed by atoms with van der Waals surface area (Å²) >= 11 is 1.73. The maximum atomic E-state index is 12.2. The molecule has 1 saturated heterocycles. The van der Waals surface area contributed by atoms with Gasteiger partial charge in [-0.05, 0) is 29.7 Å². The third kappa shape index (κ3) is 5.28. The number of nitrogens with zero attached hydrogens (tertiary/aromatic N) is 1. The number of thiophene rings is 1. The minimum absolute atomic E-state index is 0.0122. The van der Waals surface area contributed by atoms with Gasteiger partial charge in [-0.25, -0.2) is 13.2 Å². The van der Waals surface area contributed by atoms with Gasteiger partial charge >= 0.3 is 6.03 Å². The average Bonchev–Trinajstić information content (AvgIpc) is 2.87. The van der Waals surface area contributed by atoms with Crippen molar-refractivity contribution in [2.24, 2.45) is 11.8 Å². The largest absolute Gasteiger partial charge is 0.338 e. The van der Waals surface area contributed by atoms with Gasteiger partial charge in [-0.15, -0.1) is 11.3 Å². The summed E-state index contributed by atoms with van der Waals surface area (Å²) in [5, 5.41) is 4.99. The van der Waals surface area contributed by atoms with E-state index in [1.165, 1.54) is 4.88 Å². The SMILES string of the molecule is C[C@H](CNC(=O)N1CCS(=O)(=O)C[C@@H](C)C1)Cc1cccs1. The van der Waals surface area contributed by atoms with Crippen LogP contribution in [0.2, 0.25) is 0 Å². The van der Waals surface area contributed by atoms with E-state index in [-0.39, 0.29) is 30.0 Å². The third-order valence-corrected chi connectivity index (χ3v) is 6.54. The van der Waals surface area contributed by atoms with Gasteiger partial charge < -0.3 is 10.2 Å². The molecule has 0 aromatic carbocycles. The fourth-order valence-corrected chi connectivity index (χ4v) is 5.20. The fourth-order valence-electron chi connectivity index (χ4n) is 2.69. The number of rotatable bonds is 4. The average molecular weight is 345 g/mol. The van der Waals surface area contributed by atoms with Crippen molar-refractivity contribution in [1.29, 1.82) is 0 Å². The van der Waals surface area contributed by atoms with Crippen molar-refractivity contribution < 1.29 is 13.2 Å². The highest BCUT2D eigenvalue weighted by atomic mass is 32.2. The van der Waals surface area contributed by atoms with Crippen LogP contribution in [0.25, 0.3) is 0 Å². The van der Waals surface area contributed by atoms with Gasteiger partial charge in [0.25, 0.3) is 0 Å². The fraction of sp³-hybridized carbons (Fsp3) is 0.667. The van der Waals surface area contributed by atoms with Crippen LogP contribution >= 0.6 is 11.3 Å². The molecule has 0 spiro atoms. The lowest BCUT2D eigenvalue weighted by Crippen LogP contribution is -2.44. The van der Waals surface area contributed by atoms with Crippen LogP contribution in [0.15, 0.2) is 17.5 Å². The highest BCUT2D eigenvalue weighted by Gasteiger charge is 2.26. The molecule has 2 heterocycles. The predicted octanol–water partition coefficient (Wildman–Crippen LogP) is 2.00. The van der Waals surface area contributed by atoms with Crippen molar-refractivity contribution in [3.8, 4) is 0 Å². The van der Waals surface area contributed by atoms with E-state index >= 15 is 0 Å². The Hall–Kier alpha value is -1.08. The van der Waals surface area contributed by atoms with Crippen LogP contribution in [0, 0.1) is 11.8 Å². The zero-order chi connectivity index (χ0) is 16.2. The number of sulfone groups is 1. The maximum Gasteiger partial charge on any atom is 0.317 e.